The molecule has 0 radical (unpaired) electrons. The van der Waals surface area contributed by atoms with Crippen LogP contribution in [0.25, 0.3) is 0 Å². The van der Waals surface area contributed by atoms with Crippen LogP contribution in [-0.4, -0.2) is 24.2 Å². The van der Waals surface area contributed by atoms with Crippen molar-refractivity contribution in [1.29, 1.82) is 0 Å². The maximum Gasteiger partial charge on any atom is 0.320 e. The minimum atomic E-state index is -0.785. The summed E-state index contributed by atoms with van der Waals surface area (Å²) < 4.78 is 0. The first-order chi connectivity index (χ1) is 8.04. The minimum absolute atomic E-state index is 0.460. The Morgan fingerprint density at radius 2 is 2.12 bits per heavy atom. The minimum Gasteiger partial charge on any atom is -0.480 e. The zero-order valence-electron chi connectivity index (χ0n) is 10.7. The van der Waals surface area contributed by atoms with Crippen molar-refractivity contribution in [2.45, 2.75) is 38.6 Å². The molecule has 94 valence electrons. The maximum atomic E-state index is 10.9. The molecule has 1 atom stereocenters. The summed E-state index contributed by atoms with van der Waals surface area (Å²) in [4.78, 5) is 10.9. The number of benzene rings is 1. The molecule has 0 bridgehead atoms. The quantitative estimate of drug-likeness (QED) is 0.796. The Hall–Kier alpha value is -1.35. The molecule has 0 aromatic heterocycles. The Kier molecular flexibility index (Phi) is 5.16. The molecular formula is C14H21NO2. The highest BCUT2D eigenvalue weighted by Crippen LogP contribution is 2.16. The molecule has 2 N–H and O–H groups in total. The van der Waals surface area contributed by atoms with Gasteiger partial charge in [0.25, 0.3) is 0 Å². The van der Waals surface area contributed by atoms with Crippen LogP contribution >= 0.6 is 0 Å². The van der Waals surface area contributed by atoms with E-state index in [0.29, 0.717) is 12.3 Å². The summed E-state index contributed by atoms with van der Waals surface area (Å²) in [5.74, 6) is -0.276. The van der Waals surface area contributed by atoms with E-state index in [4.69, 9.17) is 5.11 Å². The third-order valence-corrected chi connectivity index (χ3v) is 2.99. The van der Waals surface area contributed by atoms with Gasteiger partial charge < -0.3 is 10.4 Å². The number of rotatable bonds is 6. The van der Waals surface area contributed by atoms with Gasteiger partial charge in [-0.05, 0) is 36.9 Å². The highest BCUT2D eigenvalue weighted by Gasteiger charge is 2.14. The molecule has 0 heterocycles. The molecular weight excluding hydrogens is 214 g/mol. The summed E-state index contributed by atoms with van der Waals surface area (Å²) in [5, 5.41) is 11.7. The molecule has 0 saturated heterocycles. The molecule has 0 saturated carbocycles. The van der Waals surface area contributed by atoms with Crippen molar-refractivity contribution >= 4 is 5.97 Å². The van der Waals surface area contributed by atoms with Crippen molar-refractivity contribution in [3.63, 3.8) is 0 Å². The van der Waals surface area contributed by atoms with Crippen LogP contribution in [0.5, 0.6) is 0 Å². The molecule has 3 nitrogen and oxygen atoms in total. The van der Waals surface area contributed by atoms with Crippen LogP contribution in [0.1, 0.15) is 37.3 Å². The smallest absolute Gasteiger partial charge is 0.320 e. The van der Waals surface area contributed by atoms with Gasteiger partial charge in [-0.2, -0.15) is 0 Å². The lowest BCUT2D eigenvalue weighted by Crippen LogP contribution is -2.34. The standard InChI is InChI=1S/C14H21NO2/c1-10(2)12-6-4-5-11(9-12)7-8-13(15-3)14(16)17/h4-6,9-10,13,15H,7-8H2,1-3H3,(H,16,17). The van der Waals surface area contributed by atoms with Gasteiger partial charge in [0.15, 0.2) is 0 Å². The van der Waals surface area contributed by atoms with E-state index in [-0.39, 0.29) is 0 Å². The van der Waals surface area contributed by atoms with Crippen molar-refractivity contribution in [3.8, 4) is 0 Å². The zero-order chi connectivity index (χ0) is 12.8. The van der Waals surface area contributed by atoms with E-state index in [1.807, 2.05) is 6.07 Å². The van der Waals surface area contributed by atoms with Gasteiger partial charge in [0.05, 0.1) is 0 Å². The number of nitrogens with one attached hydrogen (secondary N) is 1. The van der Waals surface area contributed by atoms with Gasteiger partial charge in [-0.15, -0.1) is 0 Å². The van der Waals surface area contributed by atoms with E-state index < -0.39 is 12.0 Å². The summed E-state index contributed by atoms with van der Waals surface area (Å²) in [5.41, 5.74) is 2.51. The number of carboxylic acid groups (broad SMARTS) is 1. The fourth-order valence-electron chi connectivity index (χ4n) is 1.81. The van der Waals surface area contributed by atoms with Crippen molar-refractivity contribution in [2.24, 2.45) is 0 Å². The second kappa shape index (κ2) is 6.40. The normalized spacial score (nSPS) is 12.7. The van der Waals surface area contributed by atoms with Gasteiger partial charge in [0, 0.05) is 0 Å². The summed E-state index contributed by atoms with van der Waals surface area (Å²) in [6.45, 7) is 4.32. The van der Waals surface area contributed by atoms with E-state index >= 15 is 0 Å². The molecule has 0 fully saturated rings. The lowest BCUT2D eigenvalue weighted by atomic mass is 9.98. The second-order valence-corrected chi connectivity index (χ2v) is 4.62. The summed E-state index contributed by atoms with van der Waals surface area (Å²) >= 11 is 0. The Bertz CT molecular complexity index is 374. The van der Waals surface area contributed by atoms with Crippen LogP contribution in [0, 0.1) is 0 Å². The molecule has 0 aliphatic rings. The molecule has 1 unspecified atom stereocenters. The Balaban J connectivity index is 2.62. The number of hydrogen-bond donors (Lipinski definition) is 2. The number of likely N-dealkylation sites (N-methyl/N-ethyl adjacent to an activating group) is 1. The highest BCUT2D eigenvalue weighted by molar-refractivity contribution is 5.73. The largest absolute Gasteiger partial charge is 0.480 e. The number of carboxylic acids is 1. The van der Waals surface area contributed by atoms with Crippen molar-refractivity contribution in [3.05, 3.63) is 35.4 Å². The fourth-order valence-corrected chi connectivity index (χ4v) is 1.81. The Morgan fingerprint density at radius 1 is 1.41 bits per heavy atom. The third kappa shape index (κ3) is 4.19. The van der Waals surface area contributed by atoms with Crippen LogP contribution in [0.2, 0.25) is 0 Å². The predicted octanol–water partition coefficient (Wildman–Crippen LogP) is 2.42. The molecule has 0 aliphatic heterocycles. The monoisotopic (exact) mass is 235 g/mol. The maximum absolute atomic E-state index is 10.9. The highest BCUT2D eigenvalue weighted by atomic mass is 16.4. The van der Waals surface area contributed by atoms with Gasteiger partial charge in [-0.1, -0.05) is 38.1 Å². The molecule has 0 spiro atoms. The average molecular weight is 235 g/mol. The van der Waals surface area contributed by atoms with Gasteiger partial charge in [0.2, 0.25) is 0 Å². The molecule has 17 heavy (non-hydrogen) atoms. The molecule has 0 aliphatic carbocycles. The van der Waals surface area contributed by atoms with Crippen LogP contribution in [-0.2, 0) is 11.2 Å². The lowest BCUT2D eigenvalue weighted by Gasteiger charge is -2.12. The average Bonchev–Trinajstić information content (AvgIpc) is 2.29. The van der Waals surface area contributed by atoms with E-state index in [2.05, 4.69) is 37.4 Å². The van der Waals surface area contributed by atoms with Gasteiger partial charge in [-0.3, -0.25) is 4.79 Å². The van der Waals surface area contributed by atoms with Gasteiger partial charge >= 0.3 is 5.97 Å². The first kappa shape index (κ1) is 13.7. The topological polar surface area (TPSA) is 49.3 Å². The third-order valence-electron chi connectivity index (χ3n) is 2.99. The van der Waals surface area contributed by atoms with Gasteiger partial charge in [-0.25, -0.2) is 0 Å². The van der Waals surface area contributed by atoms with E-state index in [0.717, 1.165) is 6.42 Å². The molecule has 0 amide bonds. The lowest BCUT2D eigenvalue weighted by molar-refractivity contribution is -0.139. The van der Waals surface area contributed by atoms with E-state index in [9.17, 15) is 4.79 Å². The fraction of sp³-hybridized carbons (Fsp3) is 0.500. The zero-order valence-corrected chi connectivity index (χ0v) is 10.7. The molecule has 3 heteroatoms. The second-order valence-electron chi connectivity index (χ2n) is 4.62. The number of aryl methyl sites for hydroxylation is 1. The summed E-state index contributed by atoms with van der Waals surface area (Å²) in [6.07, 6.45) is 1.41. The van der Waals surface area contributed by atoms with Crippen LogP contribution < -0.4 is 5.32 Å². The molecule has 1 aromatic carbocycles. The number of aliphatic carboxylic acids is 1. The SMILES string of the molecule is CNC(CCc1cccc(C(C)C)c1)C(=O)O. The van der Waals surface area contributed by atoms with Crippen molar-refractivity contribution < 1.29 is 9.90 Å². The molecule has 1 aromatic rings. The van der Waals surface area contributed by atoms with Crippen molar-refractivity contribution in [2.75, 3.05) is 7.05 Å². The Morgan fingerprint density at radius 3 is 2.65 bits per heavy atom. The first-order valence-corrected chi connectivity index (χ1v) is 6.03. The summed E-state index contributed by atoms with van der Waals surface area (Å²) in [7, 11) is 1.68. The first-order valence-electron chi connectivity index (χ1n) is 6.03. The summed E-state index contributed by atoms with van der Waals surface area (Å²) in [6, 6.07) is 7.91. The van der Waals surface area contributed by atoms with Gasteiger partial charge in [0.1, 0.15) is 6.04 Å². The Labute approximate surface area is 103 Å². The van der Waals surface area contributed by atoms with Crippen molar-refractivity contribution in [1.82, 2.24) is 5.32 Å². The van der Waals surface area contributed by atoms with Crippen LogP contribution in [0.3, 0.4) is 0 Å². The number of hydrogen-bond acceptors (Lipinski definition) is 2. The van der Waals surface area contributed by atoms with Crippen LogP contribution in [0.15, 0.2) is 24.3 Å². The van der Waals surface area contributed by atoms with E-state index in [1.54, 1.807) is 7.05 Å². The van der Waals surface area contributed by atoms with E-state index in [1.165, 1.54) is 11.1 Å². The number of carbonyl (C=O) groups is 1. The van der Waals surface area contributed by atoms with Crippen LogP contribution in [0.4, 0.5) is 0 Å². The molecule has 1 rings (SSSR count). The predicted molar refractivity (Wildman–Crippen MR) is 69.3 cm³/mol.